The normalized spacial score (nSPS) is 10.9. The summed E-state index contributed by atoms with van der Waals surface area (Å²) in [5, 5.41) is 13.6. The van der Waals surface area contributed by atoms with E-state index in [1.54, 1.807) is 0 Å². The summed E-state index contributed by atoms with van der Waals surface area (Å²) in [6.45, 7) is 0. The van der Waals surface area contributed by atoms with Gasteiger partial charge in [0.1, 0.15) is 5.69 Å². The van der Waals surface area contributed by atoms with Crippen LogP contribution in [-0.2, 0) is 10.0 Å². The Morgan fingerprint density at radius 3 is 2.43 bits per heavy atom. The summed E-state index contributed by atoms with van der Waals surface area (Å²) in [7, 11) is -2.38. The minimum atomic E-state index is -3.90. The third kappa shape index (κ3) is 3.26. The molecule has 0 aliphatic heterocycles. The summed E-state index contributed by atoms with van der Waals surface area (Å²) in [6.07, 6.45) is 2.87. The van der Waals surface area contributed by atoms with Gasteiger partial charge in [-0.3, -0.25) is 19.8 Å². The molecule has 2 N–H and O–H groups in total. The Morgan fingerprint density at radius 2 is 1.86 bits per heavy atom. The Morgan fingerprint density at radius 1 is 1.19 bits per heavy atom. The molecule has 1 aromatic carbocycles. The first-order chi connectivity index (χ1) is 9.94. The number of nitrogens with one attached hydrogen (secondary N) is 2. The van der Waals surface area contributed by atoms with Crippen LogP contribution in [0.3, 0.4) is 0 Å². The summed E-state index contributed by atoms with van der Waals surface area (Å²) in [5.41, 5.74) is 0.253. The van der Waals surface area contributed by atoms with Crippen molar-refractivity contribution in [2.24, 2.45) is 0 Å². The van der Waals surface area contributed by atoms with Gasteiger partial charge in [0.15, 0.2) is 0 Å². The van der Waals surface area contributed by atoms with Crippen LogP contribution in [0.4, 0.5) is 17.1 Å². The maximum absolute atomic E-state index is 12.2. The highest BCUT2D eigenvalue weighted by Gasteiger charge is 2.21. The number of aromatic nitrogens is 1. The smallest absolute Gasteiger partial charge is 0.293 e. The lowest BCUT2D eigenvalue weighted by Crippen LogP contribution is -2.13. The van der Waals surface area contributed by atoms with Gasteiger partial charge in [0.2, 0.25) is 0 Å². The summed E-state index contributed by atoms with van der Waals surface area (Å²) in [4.78, 5) is 13.9. The van der Waals surface area contributed by atoms with E-state index >= 15 is 0 Å². The van der Waals surface area contributed by atoms with Crippen molar-refractivity contribution in [1.29, 1.82) is 0 Å². The van der Waals surface area contributed by atoms with Crippen molar-refractivity contribution in [2.45, 2.75) is 4.90 Å². The zero-order chi connectivity index (χ0) is 15.5. The molecule has 1 aromatic heterocycles. The zero-order valence-electron chi connectivity index (χ0n) is 11.0. The number of rotatable bonds is 5. The summed E-state index contributed by atoms with van der Waals surface area (Å²) in [5.74, 6) is 0. The summed E-state index contributed by atoms with van der Waals surface area (Å²) in [6, 6.07) is 6.61. The molecule has 0 saturated carbocycles. The molecule has 0 radical (unpaired) electrons. The third-order valence-corrected chi connectivity index (χ3v) is 4.06. The average molecular weight is 308 g/mol. The standard InChI is InChI=1S/C12H12N4O4S/c1-13-11-3-2-10(8-12(11)16(17)18)21(19,20)15-9-4-6-14-7-5-9/h2-8,13H,1H3,(H,14,15). The molecule has 0 amide bonds. The van der Waals surface area contributed by atoms with Crippen LogP contribution < -0.4 is 10.0 Å². The van der Waals surface area contributed by atoms with Gasteiger partial charge < -0.3 is 5.32 Å². The third-order valence-electron chi connectivity index (χ3n) is 2.68. The number of sulfonamides is 1. The summed E-state index contributed by atoms with van der Waals surface area (Å²) < 4.78 is 26.7. The van der Waals surface area contributed by atoms with Crippen LogP contribution in [0.15, 0.2) is 47.6 Å². The van der Waals surface area contributed by atoms with Crippen LogP contribution in [0.25, 0.3) is 0 Å². The molecule has 1 heterocycles. The zero-order valence-corrected chi connectivity index (χ0v) is 11.8. The predicted octanol–water partition coefficient (Wildman–Crippen LogP) is 1.83. The fourth-order valence-electron chi connectivity index (χ4n) is 1.68. The van der Waals surface area contributed by atoms with Crippen molar-refractivity contribution in [3.05, 3.63) is 52.8 Å². The fourth-order valence-corrected chi connectivity index (χ4v) is 2.75. The number of benzene rings is 1. The highest BCUT2D eigenvalue weighted by atomic mass is 32.2. The monoisotopic (exact) mass is 308 g/mol. The maximum Gasteiger partial charge on any atom is 0.293 e. The number of hydrogen-bond acceptors (Lipinski definition) is 6. The number of nitrogens with zero attached hydrogens (tertiary/aromatic N) is 2. The van der Waals surface area contributed by atoms with Crippen molar-refractivity contribution in [3.63, 3.8) is 0 Å². The molecule has 110 valence electrons. The van der Waals surface area contributed by atoms with Gasteiger partial charge in [-0.15, -0.1) is 0 Å². The minimum Gasteiger partial charge on any atom is -0.383 e. The Bertz CT molecular complexity index is 762. The molecular formula is C12H12N4O4S. The van der Waals surface area contributed by atoms with Gasteiger partial charge in [-0.25, -0.2) is 8.42 Å². The number of anilines is 2. The Labute approximate surface area is 121 Å². The molecule has 8 nitrogen and oxygen atoms in total. The SMILES string of the molecule is CNc1ccc(S(=O)(=O)Nc2ccncc2)cc1[N+](=O)[O-]. The highest BCUT2D eigenvalue weighted by Crippen LogP contribution is 2.27. The van der Waals surface area contributed by atoms with Gasteiger partial charge in [0.05, 0.1) is 15.5 Å². The van der Waals surface area contributed by atoms with E-state index in [1.807, 2.05) is 0 Å². The molecule has 0 fully saturated rings. The van der Waals surface area contributed by atoms with Crippen LogP contribution in [0.2, 0.25) is 0 Å². The largest absolute Gasteiger partial charge is 0.383 e. The first-order valence-electron chi connectivity index (χ1n) is 5.83. The van der Waals surface area contributed by atoms with Gasteiger partial charge in [0, 0.05) is 25.5 Å². The molecule has 0 aliphatic rings. The van der Waals surface area contributed by atoms with Gasteiger partial charge in [-0.1, -0.05) is 0 Å². The average Bonchev–Trinajstić information content (AvgIpc) is 2.47. The van der Waals surface area contributed by atoms with Crippen LogP contribution in [0.5, 0.6) is 0 Å². The second-order valence-corrected chi connectivity index (χ2v) is 5.71. The van der Waals surface area contributed by atoms with E-state index in [-0.39, 0.29) is 16.3 Å². The molecule has 2 aromatic rings. The quantitative estimate of drug-likeness (QED) is 0.643. The van der Waals surface area contributed by atoms with Crippen molar-refractivity contribution in [2.75, 3.05) is 17.1 Å². The topological polar surface area (TPSA) is 114 Å². The number of nitro benzene ring substituents is 1. The lowest BCUT2D eigenvalue weighted by atomic mass is 10.3. The van der Waals surface area contributed by atoms with Crippen molar-refractivity contribution < 1.29 is 13.3 Å². The number of pyridine rings is 1. The van der Waals surface area contributed by atoms with Gasteiger partial charge in [-0.2, -0.15) is 0 Å². The molecule has 0 unspecified atom stereocenters. The molecule has 0 saturated heterocycles. The van der Waals surface area contributed by atoms with Crippen LogP contribution in [0, 0.1) is 10.1 Å². The van der Waals surface area contributed by atoms with Crippen molar-refractivity contribution in [1.82, 2.24) is 4.98 Å². The van der Waals surface area contributed by atoms with E-state index in [0.717, 1.165) is 6.07 Å². The lowest BCUT2D eigenvalue weighted by Gasteiger charge is -2.09. The predicted molar refractivity (Wildman–Crippen MR) is 77.7 cm³/mol. The van der Waals surface area contributed by atoms with E-state index in [1.165, 1.54) is 43.7 Å². The summed E-state index contributed by atoms with van der Waals surface area (Å²) >= 11 is 0. The highest BCUT2D eigenvalue weighted by molar-refractivity contribution is 7.92. The maximum atomic E-state index is 12.2. The second kappa shape index (κ2) is 5.75. The van der Waals surface area contributed by atoms with E-state index in [2.05, 4.69) is 15.0 Å². The number of nitro groups is 1. The van der Waals surface area contributed by atoms with E-state index in [4.69, 9.17) is 0 Å². The van der Waals surface area contributed by atoms with E-state index < -0.39 is 14.9 Å². The van der Waals surface area contributed by atoms with Crippen LogP contribution >= 0.6 is 0 Å². The Balaban J connectivity index is 2.41. The number of hydrogen-bond donors (Lipinski definition) is 2. The molecule has 21 heavy (non-hydrogen) atoms. The van der Waals surface area contributed by atoms with Crippen molar-refractivity contribution in [3.8, 4) is 0 Å². The second-order valence-electron chi connectivity index (χ2n) is 4.03. The first kappa shape index (κ1) is 14.7. The molecule has 0 atom stereocenters. The van der Waals surface area contributed by atoms with Crippen molar-refractivity contribution >= 4 is 27.1 Å². The van der Waals surface area contributed by atoms with Gasteiger partial charge in [-0.05, 0) is 24.3 Å². The van der Waals surface area contributed by atoms with Crippen LogP contribution in [0.1, 0.15) is 0 Å². The Kier molecular flexibility index (Phi) is 4.03. The molecular weight excluding hydrogens is 296 g/mol. The van der Waals surface area contributed by atoms with Gasteiger partial charge in [0.25, 0.3) is 15.7 Å². The molecule has 9 heteroatoms. The van der Waals surface area contributed by atoms with E-state index in [9.17, 15) is 18.5 Å². The minimum absolute atomic E-state index is 0.190. The molecule has 0 spiro atoms. The van der Waals surface area contributed by atoms with Crippen LogP contribution in [-0.4, -0.2) is 25.4 Å². The fraction of sp³-hybridized carbons (Fsp3) is 0.0833. The molecule has 0 bridgehead atoms. The molecule has 0 aliphatic carbocycles. The first-order valence-corrected chi connectivity index (χ1v) is 7.31. The molecule has 2 rings (SSSR count). The van der Waals surface area contributed by atoms with E-state index in [0.29, 0.717) is 5.69 Å². The lowest BCUT2D eigenvalue weighted by molar-refractivity contribution is -0.384. The Hall–Kier alpha value is -2.68. The van der Waals surface area contributed by atoms with Gasteiger partial charge >= 0.3 is 0 Å².